The number of benzene rings is 2. The number of fused-ring (bicyclic) bond motifs is 1. The fraction of sp³-hybridized carbons (Fsp3) is 0.464. The molecule has 0 radical (unpaired) electrons. The van der Waals surface area contributed by atoms with E-state index in [-0.39, 0.29) is 17.7 Å². The Morgan fingerprint density at radius 1 is 1.03 bits per heavy atom. The molecule has 34 heavy (non-hydrogen) atoms. The van der Waals surface area contributed by atoms with Crippen molar-refractivity contribution in [2.75, 3.05) is 11.4 Å². The van der Waals surface area contributed by atoms with Gasteiger partial charge in [0.25, 0.3) is 5.91 Å². The average molecular weight is 460 g/mol. The maximum absolute atomic E-state index is 14.8. The zero-order valence-corrected chi connectivity index (χ0v) is 19.5. The normalized spacial score (nSPS) is 31.8. The molecule has 1 amide bonds. The molecule has 4 fully saturated rings. The maximum Gasteiger partial charge on any atom is 0.266 e. The zero-order valence-electron chi connectivity index (χ0n) is 19.5. The first kappa shape index (κ1) is 21.7. The summed E-state index contributed by atoms with van der Waals surface area (Å²) in [6, 6.07) is 12.0. The molecule has 0 aromatic heterocycles. The molecule has 6 heteroatoms. The van der Waals surface area contributed by atoms with Gasteiger partial charge in [0.15, 0.2) is 11.9 Å². The summed E-state index contributed by atoms with van der Waals surface area (Å²) in [5.41, 5.74) is 8.65. The van der Waals surface area contributed by atoms with Crippen molar-refractivity contribution in [2.45, 2.75) is 51.6 Å². The number of carbonyl (C=O) groups is 2. The van der Waals surface area contributed by atoms with Gasteiger partial charge >= 0.3 is 0 Å². The Hall–Kier alpha value is -2.86. The smallest absolute Gasteiger partial charge is 0.266 e. The van der Waals surface area contributed by atoms with Crippen LogP contribution >= 0.6 is 0 Å². The van der Waals surface area contributed by atoms with Gasteiger partial charge in [0.2, 0.25) is 0 Å². The fourth-order valence-electron chi connectivity index (χ4n) is 7.53. The topological polar surface area (TPSA) is 75.8 Å². The van der Waals surface area contributed by atoms with Gasteiger partial charge < -0.3 is 10.6 Å². The minimum absolute atomic E-state index is 0.00335. The van der Waals surface area contributed by atoms with Crippen LogP contribution in [-0.2, 0) is 9.59 Å². The third kappa shape index (κ3) is 3.34. The van der Waals surface area contributed by atoms with Gasteiger partial charge in [-0.1, -0.05) is 30.3 Å². The molecule has 1 heterocycles. The number of hydrogen-bond donors (Lipinski definition) is 1. The Balaban J connectivity index is 1.41. The molecule has 4 bridgehead atoms. The van der Waals surface area contributed by atoms with E-state index in [0.717, 1.165) is 24.8 Å². The second-order valence-corrected chi connectivity index (χ2v) is 10.9. The van der Waals surface area contributed by atoms with E-state index in [0.29, 0.717) is 40.3 Å². The van der Waals surface area contributed by atoms with Crippen molar-refractivity contribution in [1.29, 1.82) is 0 Å². The number of benzodiazepines with no additional fused rings is 1. The number of carbonyl (C=O) groups excluding carboxylic acids is 2. The number of halogens is 1. The second kappa shape index (κ2) is 7.84. The van der Waals surface area contributed by atoms with Gasteiger partial charge in [-0.3, -0.25) is 14.6 Å². The van der Waals surface area contributed by atoms with E-state index in [2.05, 4.69) is 4.99 Å². The monoisotopic (exact) mass is 459 g/mol. The number of nitrogens with two attached hydrogens (primary N) is 1. The van der Waals surface area contributed by atoms with E-state index in [9.17, 15) is 14.0 Å². The van der Waals surface area contributed by atoms with Crippen LogP contribution in [0.4, 0.5) is 10.1 Å². The lowest BCUT2D eigenvalue weighted by Crippen LogP contribution is -2.54. The Morgan fingerprint density at radius 3 is 2.29 bits per heavy atom. The highest BCUT2D eigenvalue weighted by atomic mass is 19.1. The summed E-state index contributed by atoms with van der Waals surface area (Å²) in [6.45, 7) is 1.90. The largest absolute Gasteiger partial charge is 0.302 e. The van der Waals surface area contributed by atoms with E-state index in [4.69, 9.17) is 5.73 Å². The third-order valence-corrected chi connectivity index (χ3v) is 8.61. The molecule has 176 valence electrons. The molecule has 2 N–H and O–H groups in total. The lowest BCUT2D eigenvalue weighted by atomic mass is 9.48. The van der Waals surface area contributed by atoms with Gasteiger partial charge in [-0.15, -0.1) is 0 Å². The first-order valence-electron chi connectivity index (χ1n) is 12.4. The molecule has 0 saturated heterocycles. The van der Waals surface area contributed by atoms with Crippen LogP contribution in [0.5, 0.6) is 0 Å². The number of Topliss-reactive ketones (excluding diaryl/α,β-unsaturated/α-hetero) is 1. The third-order valence-electron chi connectivity index (χ3n) is 8.61. The molecule has 5 nitrogen and oxygen atoms in total. The first-order valence-corrected chi connectivity index (χ1v) is 12.4. The van der Waals surface area contributed by atoms with Crippen LogP contribution in [0.15, 0.2) is 47.5 Å². The second-order valence-electron chi connectivity index (χ2n) is 10.9. The van der Waals surface area contributed by atoms with Gasteiger partial charge in [-0.05, 0) is 80.9 Å². The molecule has 4 aliphatic carbocycles. The van der Waals surface area contributed by atoms with Crippen LogP contribution in [0.3, 0.4) is 0 Å². The molecule has 1 aliphatic heterocycles. The zero-order chi connectivity index (χ0) is 23.6. The molecule has 0 unspecified atom stereocenters. The summed E-state index contributed by atoms with van der Waals surface area (Å²) in [5.74, 6) is 1.23. The number of hydrogen-bond acceptors (Lipinski definition) is 4. The summed E-state index contributed by atoms with van der Waals surface area (Å²) >= 11 is 0. The van der Waals surface area contributed by atoms with Crippen molar-refractivity contribution in [2.24, 2.45) is 33.9 Å². The number of nitrogens with zero attached hydrogens (tertiary/aromatic N) is 2. The molecular weight excluding hydrogens is 429 g/mol. The van der Waals surface area contributed by atoms with Crippen LogP contribution in [-0.4, -0.2) is 30.1 Å². The highest BCUT2D eigenvalue weighted by Crippen LogP contribution is 2.60. The fourth-order valence-corrected chi connectivity index (χ4v) is 7.53. The van der Waals surface area contributed by atoms with Crippen LogP contribution in [0.2, 0.25) is 0 Å². The lowest BCUT2D eigenvalue weighted by Gasteiger charge is -2.56. The Labute approximate surface area is 199 Å². The SMILES string of the molecule is Cc1cccc2c1N(CC(=O)C13CC4CC(CC(C4)C1)C3)C(=O)[C@@H](N)N=C2c1ccccc1F. The molecular formula is C28H30FN3O2. The van der Waals surface area contributed by atoms with Crippen molar-refractivity contribution in [1.82, 2.24) is 0 Å². The lowest BCUT2D eigenvalue weighted by molar-refractivity contribution is -0.143. The molecule has 1 atom stereocenters. The van der Waals surface area contributed by atoms with Crippen molar-refractivity contribution in [3.05, 3.63) is 65.0 Å². The summed E-state index contributed by atoms with van der Waals surface area (Å²) in [4.78, 5) is 33.5. The van der Waals surface area contributed by atoms with E-state index in [1.54, 1.807) is 18.2 Å². The Bertz CT molecular complexity index is 1180. The minimum Gasteiger partial charge on any atom is -0.302 e. The predicted octanol–water partition coefficient (Wildman–Crippen LogP) is 4.39. The molecule has 0 spiro atoms. The van der Waals surface area contributed by atoms with Crippen molar-refractivity contribution >= 4 is 23.1 Å². The summed E-state index contributed by atoms with van der Waals surface area (Å²) in [7, 11) is 0. The van der Waals surface area contributed by atoms with Gasteiger partial charge in [-0.2, -0.15) is 0 Å². The van der Waals surface area contributed by atoms with Crippen molar-refractivity contribution in [3.63, 3.8) is 0 Å². The highest BCUT2D eigenvalue weighted by molar-refractivity contribution is 6.21. The van der Waals surface area contributed by atoms with Gasteiger partial charge in [-0.25, -0.2) is 4.39 Å². The van der Waals surface area contributed by atoms with Crippen LogP contribution in [0.25, 0.3) is 0 Å². The maximum atomic E-state index is 14.8. The van der Waals surface area contributed by atoms with Gasteiger partial charge in [0.05, 0.1) is 17.9 Å². The molecule has 2 aromatic carbocycles. The standard InChI is InChI=1S/C28H30FN3O2/c1-16-5-4-7-21-24(20-6-2-3-8-22(20)29)31-26(30)27(34)32(25(16)21)15-23(33)28-12-17-9-18(13-28)11-19(10-17)14-28/h2-8,17-19,26H,9-15,30H2,1H3/t17?,18?,19?,26-,28?/m0/s1. The number of amides is 1. The summed E-state index contributed by atoms with van der Waals surface area (Å²) in [5, 5.41) is 0. The van der Waals surface area contributed by atoms with Gasteiger partial charge in [0.1, 0.15) is 5.82 Å². The number of anilines is 1. The average Bonchev–Trinajstić information content (AvgIpc) is 2.89. The molecule has 2 aromatic rings. The molecule has 7 rings (SSSR count). The number of aryl methyl sites for hydroxylation is 1. The van der Waals surface area contributed by atoms with Crippen molar-refractivity contribution < 1.29 is 14.0 Å². The quantitative estimate of drug-likeness (QED) is 0.737. The van der Waals surface area contributed by atoms with Crippen LogP contribution < -0.4 is 10.6 Å². The Morgan fingerprint density at radius 2 is 1.65 bits per heavy atom. The van der Waals surface area contributed by atoms with Crippen LogP contribution in [0, 0.1) is 35.9 Å². The molecule has 5 aliphatic rings. The predicted molar refractivity (Wildman–Crippen MR) is 129 cm³/mol. The number of rotatable bonds is 4. The highest BCUT2D eigenvalue weighted by Gasteiger charge is 2.54. The first-order chi connectivity index (χ1) is 16.3. The van der Waals surface area contributed by atoms with Crippen molar-refractivity contribution in [3.8, 4) is 0 Å². The number of ketones is 1. The summed E-state index contributed by atoms with van der Waals surface area (Å²) in [6.07, 6.45) is 5.40. The van der Waals surface area contributed by atoms with E-state index in [1.807, 2.05) is 25.1 Å². The van der Waals surface area contributed by atoms with Crippen LogP contribution in [0.1, 0.15) is 55.2 Å². The molecule has 4 saturated carbocycles. The number of para-hydroxylation sites is 1. The Kier molecular flexibility index (Phi) is 4.99. The number of aliphatic imine (C=N–C) groups is 1. The van der Waals surface area contributed by atoms with Gasteiger partial charge in [0, 0.05) is 16.5 Å². The van der Waals surface area contributed by atoms with E-state index >= 15 is 0 Å². The van der Waals surface area contributed by atoms with E-state index < -0.39 is 17.9 Å². The summed E-state index contributed by atoms with van der Waals surface area (Å²) < 4.78 is 14.8. The van der Waals surface area contributed by atoms with E-state index in [1.165, 1.54) is 30.2 Å². The minimum atomic E-state index is -1.20.